The van der Waals surface area contributed by atoms with Gasteiger partial charge in [0, 0.05) is 24.1 Å². The zero-order chi connectivity index (χ0) is 13.9. The van der Waals surface area contributed by atoms with Crippen LogP contribution in [0.4, 0.5) is 5.82 Å². The molecule has 20 heavy (non-hydrogen) atoms. The van der Waals surface area contributed by atoms with Gasteiger partial charge in [-0.3, -0.25) is 0 Å². The molecule has 0 radical (unpaired) electrons. The second kappa shape index (κ2) is 5.63. The lowest BCUT2D eigenvalue weighted by molar-refractivity contribution is 0.410. The van der Waals surface area contributed by atoms with E-state index in [4.69, 9.17) is 17.0 Å². The van der Waals surface area contributed by atoms with Gasteiger partial charge in [-0.25, -0.2) is 4.98 Å². The van der Waals surface area contributed by atoms with Gasteiger partial charge in [0.1, 0.15) is 22.0 Å². The number of benzene rings is 1. The molecule has 0 aliphatic heterocycles. The van der Waals surface area contributed by atoms with Crippen molar-refractivity contribution in [1.82, 2.24) is 9.97 Å². The highest BCUT2D eigenvalue weighted by molar-refractivity contribution is 7.71. The van der Waals surface area contributed by atoms with Gasteiger partial charge in [-0.15, -0.1) is 0 Å². The molecule has 0 spiro atoms. The van der Waals surface area contributed by atoms with E-state index < -0.39 is 0 Å². The van der Waals surface area contributed by atoms with E-state index in [0.29, 0.717) is 17.1 Å². The zero-order valence-electron chi connectivity index (χ0n) is 11.3. The molecule has 5 heteroatoms. The molecular weight excluding hydrogens is 270 g/mol. The number of para-hydroxylation sites is 1. The summed E-state index contributed by atoms with van der Waals surface area (Å²) in [6, 6.07) is 9.83. The average Bonchev–Trinajstić information content (AvgIpc) is 3.29. The van der Waals surface area contributed by atoms with E-state index in [9.17, 15) is 0 Å². The monoisotopic (exact) mass is 287 g/mol. The molecule has 4 nitrogen and oxygen atoms in total. The summed E-state index contributed by atoms with van der Waals surface area (Å²) in [4.78, 5) is 7.70. The van der Waals surface area contributed by atoms with Crippen LogP contribution in [-0.4, -0.2) is 17.1 Å². The van der Waals surface area contributed by atoms with Crippen LogP contribution in [-0.2, 0) is 6.54 Å². The topological polar surface area (TPSA) is 49.9 Å². The van der Waals surface area contributed by atoms with Gasteiger partial charge in [0.05, 0.1) is 7.11 Å². The molecule has 0 atom stereocenters. The first kappa shape index (κ1) is 13.1. The quantitative estimate of drug-likeness (QED) is 0.824. The summed E-state index contributed by atoms with van der Waals surface area (Å²) in [5.41, 5.74) is 1.11. The van der Waals surface area contributed by atoms with Crippen LogP contribution < -0.4 is 10.1 Å². The molecule has 1 aliphatic carbocycles. The smallest absolute Gasteiger partial charge is 0.131 e. The molecule has 0 bridgehead atoms. The maximum absolute atomic E-state index is 5.35. The third-order valence-corrected chi connectivity index (χ3v) is 3.60. The van der Waals surface area contributed by atoms with Crippen molar-refractivity contribution in [1.29, 1.82) is 0 Å². The fourth-order valence-electron chi connectivity index (χ4n) is 2.16. The van der Waals surface area contributed by atoms with E-state index in [1.165, 1.54) is 12.8 Å². The minimum absolute atomic E-state index is 0.560. The molecule has 1 aromatic carbocycles. The number of aromatic amines is 1. The summed E-state index contributed by atoms with van der Waals surface area (Å²) < 4.78 is 5.98. The Morgan fingerprint density at radius 2 is 2.20 bits per heavy atom. The fraction of sp³-hybridized carbons (Fsp3) is 0.333. The van der Waals surface area contributed by atoms with E-state index >= 15 is 0 Å². The highest BCUT2D eigenvalue weighted by Crippen LogP contribution is 2.38. The Balaban J connectivity index is 1.76. The SMILES string of the molecule is COc1ccccc1CNc1cc(=S)nc(C2CC2)[nH]1. The van der Waals surface area contributed by atoms with Gasteiger partial charge in [0.25, 0.3) is 0 Å². The van der Waals surface area contributed by atoms with Crippen LogP contribution in [0.5, 0.6) is 5.75 Å². The number of hydrogen-bond acceptors (Lipinski definition) is 4. The Labute approximate surface area is 123 Å². The van der Waals surface area contributed by atoms with E-state index in [2.05, 4.69) is 15.3 Å². The third kappa shape index (κ3) is 2.99. The second-order valence-electron chi connectivity index (χ2n) is 4.96. The number of H-pyrrole nitrogens is 1. The van der Waals surface area contributed by atoms with Gasteiger partial charge in [-0.1, -0.05) is 30.4 Å². The Morgan fingerprint density at radius 1 is 1.40 bits per heavy atom. The molecule has 2 N–H and O–H groups in total. The van der Waals surface area contributed by atoms with Crippen LogP contribution >= 0.6 is 12.2 Å². The van der Waals surface area contributed by atoms with Crippen LogP contribution in [0.1, 0.15) is 30.1 Å². The molecule has 1 aromatic heterocycles. The molecule has 1 saturated carbocycles. The normalized spacial score (nSPS) is 14.1. The fourth-order valence-corrected chi connectivity index (χ4v) is 2.38. The van der Waals surface area contributed by atoms with E-state index in [1.54, 1.807) is 7.11 Å². The number of methoxy groups -OCH3 is 1. The van der Waals surface area contributed by atoms with Crippen LogP contribution in [0, 0.1) is 4.64 Å². The molecule has 1 heterocycles. The van der Waals surface area contributed by atoms with Crippen molar-refractivity contribution in [3.05, 3.63) is 46.4 Å². The lowest BCUT2D eigenvalue weighted by Crippen LogP contribution is -2.05. The second-order valence-corrected chi connectivity index (χ2v) is 5.38. The van der Waals surface area contributed by atoms with Crippen molar-refractivity contribution in [2.75, 3.05) is 12.4 Å². The summed E-state index contributed by atoms with van der Waals surface area (Å²) in [6.45, 7) is 0.684. The minimum Gasteiger partial charge on any atom is -0.496 e. The first-order valence-electron chi connectivity index (χ1n) is 6.73. The number of nitrogens with zero attached hydrogens (tertiary/aromatic N) is 1. The zero-order valence-corrected chi connectivity index (χ0v) is 12.2. The number of nitrogens with one attached hydrogen (secondary N) is 2. The first-order valence-corrected chi connectivity index (χ1v) is 7.14. The molecule has 0 amide bonds. The summed E-state index contributed by atoms with van der Waals surface area (Å²) >= 11 is 5.22. The van der Waals surface area contributed by atoms with E-state index in [-0.39, 0.29) is 0 Å². The molecule has 104 valence electrons. The molecule has 1 aliphatic rings. The van der Waals surface area contributed by atoms with Crippen LogP contribution in [0.2, 0.25) is 0 Å². The molecule has 0 saturated heterocycles. The van der Waals surface area contributed by atoms with Crippen LogP contribution in [0.3, 0.4) is 0 Å². The number of rotatable bonds is 5. The summed E-state index contributed by atoms with van der Waals surface area (Å²) in [5.74, 6) is 3.36. The lowest BCUT2D eigenvalue weighted by atomic mass is 10.2. The highest BCUT2D eigenvalue weighted by atomic mass is 32.1. The average molecular weight is 287 g/mol. The first-order chi connectivity index (χ1) is 9.76. The van der Waals surface area contributed by atoms with Crippen molar-refractivity contribution in [3.63, 3.8) is 0 Å². The van der Waals surface area contributed by atoms with Gasteiger partial charge >= 0.3 is 0 Å². The summed E-state index contributed by atoms with van der Waals surface area (Å²) in [5, 5.41) is 3.36. The van der Waals surface area contributed by atoms with Gasteiger partial charge in [-0.2, -0.15) is 0 Å². The van der Waals surface area contributed by atoms with Crippen LogP contribution in [0.25, 0.3) is 0 Å². The number of aromatic nitrogens is 2. The predicted molar refractivity (Wildman–Crippen MR) is 81.7 cm³/mol. The van der Waals surface area contributed by atoms with Crippen molar-refractivity contribution < 1.29 is 4.74 Å². The molecule has 2 aromatic rings. The predicted octanol–water partition coefficient (Wildman–Crippen LogP) is 3.64. The largest absolute Gasteiger partial charge is 0.496 e. The van der Waals surface area contributed by atoms with Crippen molar-refractivity contribution in [3.8, 4) is 5.75 Å². The Bertz CT molecular complexity index is 664. The Hall–Kier alpha value is -1.88. The van der Waals surface area contributed by atoms with Crippen molar-refractivity contribution in [2.24, 2.45) is 0 Å². The lowest BCUT2D eigenvalue weighted by Gasteiger charge is -2.11. The van der Waals surface area contributed by atoms with Gasteiger partial charge in [0.2, 0.25) is 0 Å². The summed E-state index contributed by atoms with van der Waals surface area (Å²) in [6.07, 6.45) is 2.41. The van der Waals surface area contributed by atoms with E-state index in [1.807, 2.05) is 30.3 Å². The molecular formula is C15H17N3OS. The Kier molecular flexibility index (Phi) is 3.69. The Morgan fingerprint density at radius 3 is 2.95 bits per heavy atom. The summed E-state index contributed by atoms with van der Waals surface area (Å²) in [7, 11) is 1.68. The third-order valence-electron chi connectivity index (χ3n) is 3.39. The maximum Gasteiger partial charge on any atom is 0.131 e. The van der Waals surface area contributed by atoms with Crippen molar-refractivity contribution in [2.45, 2.75) is 25.3 Å². The highest BCUT2D eigenvalue weighted by Gasteiger charge is 2.26. The number of anilines is 1. The van der Waals surface area contributed by atoms with Gasteiger partial charge in [0.15, 0.2) is 0 Å². The molecule has 0 unspecified atom stereocenters. The molecule has 3 rings (SSSR count). The van der Waals surface area contributed by atoms with Crippen molar-refractivity contribution >= 4 is 18.0 Å². The van der Waals surface area contributed by atoms with Gasteiger partial charge < -0.3 is 15.0 Å². The standard InChI is InChI=1S/C15H17N3OS/c1-19-12-5-3-2-4-11(12)9-16-13-8-14(20)18-15(17-13)10-6-7-10/h2-5,8,10H,6-7,9H2,1H3,(H2,16,17,18,20). The maximum atomic E-state index is 5.35. The molecule has 1 fully saturated rings. The number of ether oxygens (including phenoxy) is 1. The minimum atomic E-state index is 0.560. The number of hydrogen-bond donors (Lipinski definition) is 2. The van der Waals surface area contributed by atoms with Gasteiger partial charge in [-0.05, 0) is 18.9 Å². The van der Waals surface area contributed by atoms with Crippen LogP contribution in [0.15, 0.2) is 30.3 Å². The van der Waals surface area contributed by atoms with E-state index in [0.717, 1.165) is 23.0 Å².